The van der Waals surface area contributed by atoms with Gasteiger partial charge in [-0.1, -0.05) is 83.9 Å². The summed E-state index contributed by atoms with van der Waals surface area (Å²) in [5.74, 6) is -0.104. The number of carbonyl (C=O) groups excluding carboxylic acids is 1. The zero-order chi connectivity index (χ0) is 22.7. The fourth-order valence-electron chi connectivity index (χ4n) is 4.79. The first-order chi connectivity index (χ1) is 15.5. The van der Waals surface area contributed by atoms with Crippen molar-refractivity contribution in [2.75, 3.05) is 5.01 Å². The molecule has 7 heteroatoms. The van der Waals surface area contributed by atoms with Crippen molar-refractivity contribution in [1.29, 1.82) is 0 Å². The van der Waals surface area contributed by atoms with E-state index in [9.17, 15) is 4.79 Å². The molecule has 2 aliphatic rings. The lowest BCUT2D eigenvalue weighted by molar-refractivity contribution is -0.115. The smallest absolute Gasteiger partial charge is 0.268 e. The number of hydrogen-bond donors (Lipinski definition) is 1. The average molecular weight is 537 g/mol. The van der Waals surface area contributed by atoms with Gasteiger partial charge in [0.1, 0.15) is 5.71 Å². The monoisotopic (exact) mass is 535 g/mol. The number of hydrazone groups is 1. The third kappa shape index (κ3) is 5.16. The zero-order valence-corrected chi connectivity index (χ0v) is 21.3. The van der Waals surface area contributed by atoms with Crippen LogP contribution in [-0.4, -0.2) is 17.7 Å². The van der Waals surface area contributed by atoms with Crippen LogP contribution < -0.4 is 10.3 Å². The SMILES string of the molecule is CC[C@H]1C(C(=O)NC2CCCCCC2)=NN(c2ccc(Cl)cc2Cl)[C@@H]1c1ccc(Br)cc1. The molecule has 32 heavy (non-hydrogen) atoms. The molecule has 0 bridgehead atoms. The minimum Gasteiger partial charge on any atom is -0.348 e. The van der Waals surface area contributed by atoms with Crippen molar-refractivity contribution < 1.29 is 4.79 Å². The van der Waals surface area contributed by atoms with Crippen LogP contribution in [0.15, 0.2) is 52.0 Å². The predicted octanol–water partition coefficient (Wildman–Crippen LogP) is 7.54. The van der Waals surface area contributed by atoms with Crippen molar-refractivity contribution in [3.63, 3.8) is 0 Å². The van der Waals surface area contributed by atoms with Crippen molar-refractivity contribution in [2.24, 2.45) is 11.0 Å². The maximum Gasteiger partial charge on any atom is 0.268 e. The molecule has 0 radical (unpaired) electrons. The van der Waals surface area contributed by atoms with Gasteiger partial charge in [0.25, 0.3) is 5.91 Å². The number of rotatable bonds is 5. The highest BCUT2D eigenvalue weighted by atomic mass is 79.9. The Morgan fingerprint density at radius 1 is 1.09 bits per heavy atom. The molecule has 170 valence electrons. The van der Waals surface area contributed by atoms with Crippen LogP contribution in [0.2, 0.25) is 10.0 Å². The van der Waals surface area contributed by atoms with Gasteiger partial charge in [0, 0.05) is 21.5 Å². The highest BCUT2D eigenvalue weighted by Gasteiger charge is 2.42. The van der Waals surface area contributed by atoms with Crippen molar-refractivity contribution in [3.8, 4) is 0 Å². The van der Waals surface area contributed by atoms with E-state index in [0.29, 0.717) is 15.8 Å². The summed E-state index contributed by atoms with van der Waals surface area (Å²) in [5.41, 5.74) is 2.42. The summed E-state index contributed by atoms with van der Waals surface area (Å²) in [5, 5.41) is 11.1. The Kier molecular flexibility index (Phi) is 7.80. The minimum atomic E-state index is -0.123. The van der Waals surface area contributed by atoms with Crippen molar-refractivity contribution >= 4 is 56.4 Å². The van der Waals surface area contributed by atoms with Crippen molar-refractivity contribution in [2.45, 2.75) is 64.0 Å². The number of carbonyl (C=O) groups is 1. The van der Waals surface area contributed by atoms with Gasteiger partial charge in [-0.15, -0.1) is 0 Å². The molecular formula is C25H28BrCl2N3O. The first-order valence-electron chi connectivity index (χ1n) is 11.4. The molecule has 1 amide bonds. The summed E-state index contributed by atoms with van der Waals surface area (Å²) in [4.78, 5) is 13.4. The van der Waals surface area contributed by atoms with Crippen LogP contribution in [0.3, 0.4) is 0 Å². The number of hydrogen-bond acceptors (Lipinski definition) is 3. The lowest BCUT2D eigenvalue weighted by Gasteiger charge is -2.29. The van der Waals surface area contributed by atoms with Crippen molar-refractivity contribution in [3.05, 3.63) is 62.5 Å². The molecule has 2 aromatic carbocycles. The predicted molar refractivity (Wildman–Crippen MR) is 137 cm³/mol. The van der Waals surface area contributed by atoms with E-state index in [4.69, 9.17) is 28.3 Å². The number of nitrogens with zero attached hydrogens (tertiary/aromatic N) is 2. The molecule has 0 unspecified atom stereocenters. The minimum absolute atomic E-state index is 0.0475. The normalized spacial score (nSPS) is 21.9. The molecule has 4 rings (SSSR count). The molecule has 1 fully saturated rings. The molecule has 2 aromatic rings. The van der Waals surface area contributed by atoms with Crippen LogP contribution in [0.25, 0.3) is 0 Å². The summed E-state index contributed by atoms with van der Waals surface area (Å²) in [6.45, 7) is 2.11. The summed E-state index contributed by atoms with van der Waals surface area (Å²) >= 11 is 16.2. The Hall–Kier alpha value is -1.56. The van der Waals surface area contributed by atoms with Crippen molar-refractivity contribution in [1.82, 2.24) is 5.32 Å². The largest absolute Gasteiger partial charge is 0.348 e. The number of amides is 1. The molecule has 1 aliphatic carbocycles. The van der Waals surface area contributed by atoms with Crippen LogP contribution in [0.4, 0.5) is 5.69 Å². The highest BCUT2D eigenvalue weighted by molar-refractivity contribution is 9.10. The fraction of sp³-hybridized carbons (Fsp3) is 0.440. The molecule has 1 saturated carbocycles. The summed E-state index contributed by atoms with van der Waals surface area (Å²) in [6, 6.07) is 13.7. The molecule has 0 aromatic heterocycles. The maximum atomic E-state index is 13.4. The molecule has 1 heterocycles. The van der Waals surface area contributed by atoms with E-state index in [1.807, 2.05) is 29.3 Å². The molecule has 1 aliphatic heterocycles. The first-order valence-corrected chi connectivity index (χ1v) is 12.9. The topological polar surface area (TPSA) is 44.7 Å². The Morgan fingerprint density at radius 2 is 1.78 bits per heavy atom. The Bertz CT molecular complexity index is 987. The molecule has 2 atom stereocenters. The maximum absolute atomic E-state index is 13.4. The summed E-state index contributed by atoms with van der Waals surface area (Å²) in [6.07, 6.45) is 7.71. The summed E-state index contributed by atoms with van der Waals surface area (Å²) in [7, 11) is 0. The number of nitrogens with one attached hydrogen (secondary N) is 1. The lowest BCUT2D eigenvalue weighted by Crippen LogP contribution is -2.41. The van der Waals surface area contributed by atoms with Gasteiger partial charge < -0.3 is 5.32 Å². The second kappa shape index (κ2) is 10.6. The number of benzene rings is 2. The van der Waals surface area contributed by atoms with Crippen LogP contribution in [0, 0.1) is 5.92 Å². The Morgan fingerprint density at radius 3 is 2.41 bits per heavy atom. The van der Waals surface area contributed by atoms with E-state index in [0.717, 1.165) is 35.0 Å². The number of anilines is 1. The van der Waals surface area contributed by atoms with E-state index in [1.165, 1.54) is 25.7 Å². The van der Waals surface area contributed by atoms with E-state index in [2.05, 4.69) is 40.3 Å². The first kappa shape index (κ1) is 23.6. The van der Waals surface area contributed by atoms with E-state index < -0.39 is 0 Å². The van der Waals surface area contributed by atoms with Gasteiger partial charge in [0.15, 0.2) is 0 Å². The molecular weight excluding hydrogens is 509 g/mol. The second-order valence-electron chi connectivity index (χ2n) is 8.60. The van der Waals surface area contributed by atoms with Crippen LogP contribution in [-0.2, 0) is 4.79 Å². The summed E-state index contributed by atoms with van der Waals surface area (Å²) < 4.78 is 1.01. The third-order valence-electron chi connectivity index (χ3n) is 6.44. The van der Waals surface area contributed by atoms with Gasteiger partial charge in [-0.3, -0.25) is 9.80 Å². The molecule has 4 nitrogen and oxygen atoms in total. The third-order valence-corrected chi connectivity index (χ3v) is 7.51. The van der Waals surface area contributed by atoms with Gasteiger partial charge in [-0.2, -0.15) is 5.10 Å². The molecule has 0 spiro atoms. The van der Waals surface area contributed by atoms with Gasteiger partial charge in [-0.25, -0.2) is 0 Å². The highest BCUT2D eigenvalue weighted by Crippen LogP contribution is 2.43. The van der Waals surface area contributed by atoms with E-state index >= 15 is 0 Å². The fourth-order valence-corrected chi connectivity index (χ4v) is 5.55. The van der Waals surface area contributed by atoms with E-state index in [1.54, 1.807) is 6.07 Å². The van der Waals surface area contributed by atoms with Crippen LogP contribution in [0.5, 0.6) is 0 Å². The Labute approximate surface area is 208 Å². The van der Waals surface area contributed by atoms with E-state index in [-0.39, 0.29) is 23.9 Å². The molecule has 0 saturated heterocycles. The zero-order valence-electron chi connectivity index (χ0n) is 18.2. The van der Waals surface area contributed by atoms with Gasteiger partial charge in [0.05, 0.1) is 16.8 Å². The quantitative estimate of drug-likeness (QED) is 0.401. The lowest BCUT2D eigenvalue weighted by atomic mass is 9.87. The second-order valence-corrected chi connectivity index (χ2v) is 10.4. The van der Waals surface area contributed by atoms with Gasteiger partial charge in [-0.05, 0) is 55.2 Å². The average Bonchev–Trinajstić information content (AvgIpc) is 2.96. The Balaban J connectivity index is 1.70. The van der Waals surface area contributed by atoms with Gasteiger partial charge >= 0.3 is 0 Å². The van der Waals surface area contributed by atoms with Crippen LogP contribution >= 0.6 is 39.1 Å². The number of halogens is 3. The van der Waals surface area contributed by atoms with Gasteiger partial charge in [0.2, 0.25) is 0 Å². The molecule has 1 N–H and O–H groups in total. The standard InChI is InChI=1S/C25H28BrCl2N3O/c1-2-20-23(25(32)29-19-7-5-3-4-6-8-19)30-31(22-14-13-18(27)15-21(22)28)24(20)16-9-11-17(26)12-10-16/h9-15,19-20,24H,2-8H2,1H3,(H,29,32)/t20-,24+/m0/s1. The van der Waals surface area contributed by atoms with Crippen LogP contribution in [0.1, 0.15) is 63.5 Å².